The average Bonchev–Trinajstić information content (AvgIpc) is 2.67. The Kier molecular flexibility index (Phi) is 6.41. The van der Waals surface area contributed by atoms with Crippen LogP contribution >= 0.6 is 23.2 Å². The number of benzene rings is 2. The summed E-state index contributed by atoms with van der Waals surface area (Å²) in [5.41, 5.74) is 1.99. The van der Waals surface area contributed by atoms with Gasteiger partial charge in [-0.15, -0.1) is 0 Å². The van der Waals surface area contributed by atoms with Crippen molar-refractivity contribution in [3.8, 4) is 0 Å². The van der Waals surface area contributed by atoms with E-state index in [1.165, 1.54) is 0 Å². The van der Waals surface area contributed by atoms with Gasteiger partial charge in [-0.25, -0.2) is 0 Å². The number of para-hydroxylation sites is 1. The van der Waals surface area contributed by atoms with E-state index in [0.29, 0.717) is 11.6 Å². The van der Waals surface area contributed by atoms with Gasteiger partial charge in [0.15, 0.2) is 0 Å². The number of hydrogen-bond acceptors (Lipinski definition) is 3. The van der Waals surface area contributed by atoms with E-state index in [0.717, 1.165) is 42.5 Å². The maximum absolute atomic E-state index is 12.5. The Morgan fingerprint density at radius 2 is 1.62 bits per heavy atom. The first kappa shape index (κ1) is 19.0. The second-order valence-electron chi connectivity index (χ2n) is 6.46. The zero-order chi connectivity index (χ0) is 18.5. The van der Waals surface area contributed by atoms with Crippen molar-refractivity contribution in [3.05, 3.63) is 64.1 Å². The maximum atomic E-state index is 12.5. The molecule has 2 aromatic carbocycles. The van der Waals surface area contributed by atoms with Crippen LogP contribution in [0.25, 0.3) is 0 Å². The molecule has 0 aromatic heterocycles. The van der Waals surface area contributed by atoms with Crippen LogP contribution < -0.4 is 10.2 Å². The lowest BCUT2D eigenvalue weighted by Gasteiger charge is -2.38. The molecule has 0 radical (unpaired) electrons. The van der Waals surface area contributed by atoms with Crippen LogP contribution in [0.1, 0.15) is 12.5 Å². The monoisotopic (exact) mass is 391 g/mol. The van der Waals surface area contributed by atoms with Crippen LogP contribution in [0.4, 0.5) is 5.69 Å². The standard InChI is InChI=1S/C20H23Cl2N3O/c1-15(20(26)23-14-16-6-2-3-7-17(16)21)24-10-12-25(13-11-24)19-9-5-4-8-18(19)22/h2-9,15H,10-14H2,1H3,(H,23,26)/t15-/m0/s1. The first-order valence-electron chi connectivity index (χ1n) is 8.81. The van der Waals surface area contributed by atoms with Crippen LogP contribution in [0, 0.1) is 0 Å². The number of nitrogens with one attached hydrogen (secondary N) is 1. The lowest BCUT2D eigenvalue weighted by atomic mass is 10.2. The molecule has 2 aromatic rings. The van der Waals surface area contributed by atoms with Gasteiger partial charge in [0.25, 0.3) is 0 Å². The van der Waals surface area contributed by atoms with Crippen molar-refractivity contribution < 1.29 is 4.79 Å². The van der Waals surface area contributed by atoms with Crippen LogP contribution in [-0.2, 0) is 11.3 Å². The molecule has 4 nitrogen and oxygen atoms in total. The molecule has 1 saturated heterocycles. The van der Waals surface area contributed by atoms with E-state index in [2.05, 4.69) is 15.1 Å². The predicted octanol–water partition coefficient (Wildman–Crippen LogP) is 3.82. The molecule has 1 aliphatic heterocycles. The van der Waals surface area contributed by atoms with Crippen molar-refractivity contribution >= 4 is 34.8 Å². The van der Waals surface area contributed by atoms with E-state index in [1.807, 2.05) is 55.5 Å². The van der Waals surface area contributed by atoms with E-state index in [1.54, 1.807) is 0 Å². The van der Waals surface area contributed by atoms with E-state index in [9.17, 15) is 4.79 Å². The summed E-state index contributed by atoms with van der Waals surface area (Å²) in [6, 6.07) is 15.3. The minimum Gasteiger partial charge on any atom is -0.368 e. The molecule has 26 heavy (non-hydrogen) atoms. The van der Waals surface area contributed by atoms with Gasteiger partial charge < -0.3 is 10.2 Å². The zero-order valence-corrected chi connectivity index (χ0v) is 16.3. The molecule has 1 amide bonds. The molecule has 6 heteroatoms. The molecule has 0 aliphatic carbocycles. The lowest BCUT2D eigenvalue weighted by molar-refractivity contribution is -0.126. The minimum atomic E-state index is -0.175. The van der Waals surface area contributed by atoms with Crippen molar-refractivity contribution in [2.45, 2.75) is 19.5 Å². The minimum absolute atomic E-state index is 0.0242. The van der Waals surface area contributed by atoms with Crippen LogP contribution in [-0.4, -0.2) is 43.0 Å². The predicted molar refractivity (Wildman–Crippen MR) is 108 cm³/mol. The average molecular weight is 392 g/mol. The summed E-state index contributed by atoms with van der Waals surface area (Å²) in [5, 5.41) is 4.43. The zero-order valence-electron chi connectivity index (χ0n) is 14.8. The third kappa shape index (κ3) is 4.50. The highest BCUT2D eigenvalue weighted by atomic mass is 35.5. The summed E-state index contributed by atoms with van der Waals surface area (Å²) in [4.78, 5) is 17.0. The molecular formula is C20H23Cl2N3O. The highest BCUT2D eigenvalue weighted by Crippen LogP contribution is 2.26. The molecule has 1 atom stereocenters. The normalized spacial score (nSPS) is 16.3. The van der Waals surface area contributed by atoms with Gasteiger partial charge in [-0.3, -0.25) is 9.69 Å². The third-order valence-electron chi connectivity index (χ3n) is 4.85. The molecule has 0 spiro atoms. The van der Waals surface area contributed by atoms with Gasteiger partial charge in [-0.05, 0) is 30.7 Å². The largest absolute Gasteiger partial charge is 0.368 e. The summed E-state index contributed by atoms with van der Waals surface area (Å²) in [6.07, 6.45) is 0. The molecule has 138 valence electrons. The molecule has 0 bridgehead atoms. The Labute approximate surface area is 164 Å². The fraction of sp³-hybridized carbons (Fsp3) is 0.350. The van der Waals surface area contributed by atoms with E-state index >= 15 is 0 Å². The first-order valence-corrected chi connectivity index (χ1v) is 9.56. The van der Waals surface area contributed by atoms with Crippen LogP contribution in [0.5, 0.6) is 0 Å². The molecular weight excluding hydrogens is 369 g/mol. The Hall–Kier alpha value is -1.75. The number of anilines is 1. The van der Waals surface area contributed by atoms with Gasteiger partial charge >= 0.3 is 0 Å². The third-order valence-corrected chi connectivity index (χ3v) is 5.53. The number of nitrogens with zero attached hydrogens (tertiary/aromatic N) is 2. The van der Waals surface area contributed by atoms with E-state index < -0.39 is 0 Å². The Morgan fingerprint density at radius 3 is 2.27 bits per heavy atom. The fourth-order valence-electron chi connectivity index (χ4n) is 3.20. The van der Waals surface area contributed by atoms with Gasteiger partial charge in [0, 0.05) is 37.7 Å². The van der Waals surface area contributed by atoms with Gasteiger partial charge in [-0.2, -0.15) is 0 Å². The highest BCUT2D eigenvalue weighted by Gasteiger charge is 2.26. The van der Waals surface area contributed by atoms with Gasteiger partial charge in [0.05, 0.1) is 16.8 Å². The lowest BCUT2D eigenvalue weighted by Crippen LogP contribution is -2.53. The summed E-state index contributed by atoms with van der Waals surface area (Å²) in [7, 11) is 0. The van der Waals surface area contributed by atoms with Crippen molar-refractivity contribution in [3.63, 3.8) is 0 Å². The summed E-state index contributed by atoms with van der Waals surface area (Å²) in [6.45, 7) is 5.76. The molecule has 0 saturated carbocycles. The number of amides is 1. The summed E-state index contributed by atoms with van der Waals surface area (Å²) >= 11 is 12.4. The Balaban J connectivity index is 1.51. The number of hydrogen-bond donors (Lipinski definition) is 1. The molecule has 1 fully saturated rings. The second kappa shape index (κ2) is 8.76. The second-order valence-corrected chi connectivity index (χ2v) is 7.27. The van der Waals surface area contributed by atoms with Crippen molar-refractivity contribution in [1.82, 2.24) is 10.2 Å². The van der Waals surface area contributed by atoms with Crippen LogP contribution in [0.3, 0.4) is 0 Å². The number of piperazine rings is 1. The van der Waals surface area contributed by atoms with E-state index in [4.69, 9.17) is 23.2 Å². The molecule has 0 unspecified atom stereocenters. The first-order chi connectivity index (χ1) is 12.6. The molecule has 1 heterocycles. The Morgan fingerprint density at radius 1 is 1.00 bits per heavy atom. The number of carbonyl (C=O) groups is 1. The molecule has 1 aliphatic rings. The van der Waals surface area contributed by atoms with Crippen molar-refractivity contribution in [2.75, 3.05) is 31.1 Å². The quantitative estimate of drug-likeness (QED) is 0.841. The smallest absolute Gasteiger partial charge is 0.237 e. The maximum Gasteiger partial charge on any atom is 0.237 e. The van der Waals surface area contributed by atoms with Crippen molar-refractivity contribution in [1.29, 1.82) is 0 Å². The topological polar surface area (TPSA) is 35.6 Å². The van der Waals surface area contributed by atoms with Crippen LogP contribution in [0.2, 0.25) is 10.0 Å². The van der Waals surface area contributed by atoms with Gasteiger partial charge in [0.2, 0.25) is 5.91 Å². The Bertz CT molecular complexity index is 760. The number of carbonyl (C=O) groups excluding carboxylic acids is 1. The van der Waals surface area contributed by atoms with Gasteiger partial charge in [-0.1, -0.05) is 53.5 Å². The molecule has 1 N–H and O–H groups in total. The fourth-order valence-corrected chi connectivity index (χ4v) is 3.65. The number of rotatable bonds is 5. The number of halogens is 2. The summed E-state index contributed by atoms with van der Waals surface area (Å²) < 4.78 is 0. The SMILES string of the molecule is C[C@@H](C(=O)NCc1ccccc1Cl)N1CCN(c2ccccc2Cl)CC1. The molecule has 3 rings (SSSR count). The van der Waals surface area contributed by atoms with Crippen molar-refractivity contribution in [2.24, 2.45) is 0 Å². The summed E-state index contributed by atoms with van der Waals surface area (Å²) in [5.74, 6) is 0.0242. The van der Waals surface area contributed by atoms with Gasteiger partial charge in [0.1, 0.15) is 0 Å². The van der Waals surface area contributed by atoms with E-state index in [-0.39, 0.29) is 11.9 Å². The highest BCUT2D eigenvalue weighted by molar-refractivity contribution is 6.33. The van der Waals surface area contributed by atoms with Crippen LogP contribution in [0.15, 0.2) is 48.5 Å².